The van der Waals surface area contributed by atoms with Crippen LogP contribution in [-0.2, 0) is 6.54 Å². The van der Waals surface area contributed by atoms with Crippen LogP contribution in [0.15, 0.2) is 42.5 Å². The summed E-state index contributed by atoms with van der Waals surface area (Å²) < 4.78 is 5.16. The van der Waals surface area contributed by atoms with Crippen LogP contribution in [0, 0.1) is 0 Å². The maximum Gasteiger partial charge on any atom is 0.270 e. The average Bonchev–Trinajstić information content (AvgIpc) is 2.53. The number of rotatable bonds is 6. The Kier molecular flexibility index (Phi) is 5.15. The fourth-order valence-electron chi connectivity index (χ4n) is 1.90. The van der Waals surface area contributed by atoms with E-state index in [4.69, 9.17) is 4.74 Å². The Hall–Kier alpha value is -2.56. The van der Waals surface area contributed by atoms with Crippen LogP contribution in [0.2, 0.25) is 0 Å². The third-order valence-electron chi connectivity index (χ3n) is 2.93. The molecule has 0 spiro atoms. The van der Waals surface area contributed by atoms with Gasteiger partial charge in [-0.1, -0.05) is 18.2 Å². The maximum atomic E-state index is 12.1. The summed E-state index contributed by atoms with van der Waals surface area (Å²) in [5, 5.41) is 5.94. The van der Waals surface area contributed by atoms with Crippen LogP contribution in [0.3, 0.4) is 0 Å². The summed E-state index contributed by atoms with van der Waals surface area (Å²) in [5.74, 6) is 1.28. The number of anilines is 1. The molecule has 0 saturated heterocycles. The molecule has 110 valence electrons. The van der Waals surface area contributed by atoms with Crippen molar-refractivity contribution in [1.82, 2.24) is 10.3 Å². The third-order valence-corrected chi connectivity index (χ3v) is 2.93. The lowest BCUT2D eigenvalue weighted by Crippen LogP contribution is -2.24. The molecule has 5 nitrogen and oxygen atoms in total. The first-order chi connectivity index (χ1) is 10.2. The summed E-state index contributed by atoms with van der Waals surface area (Å²) in [7, 11) is 1.62. The molecule has 2 aromatic rings. The normalized spacial score (nSPS) is 10.0. The minimum absolute atomic E-state index is 0.197. The Labute approximate surface area is 124 Å². The van der Waals surface area contributed by atoms with E-state index in [1.165, 1.54) is 0 Å². The number of hydrogen-bond acceptors (Lipinski definition) is 4. The van der Waals surface area contributed by atoms with Gasteiger partial charge in [0.2, 0.25) is 0 Å². The molecule has 0 aliphatic rings. The van der Waals surface area contributed by atoms with Gasteiger partial charge in [0.1, 0.15) is 17.3 Å². The Morgan fingerprint density at radius 3 is 2.81 bits per heavy atom. The lowest BCUT2D eigenvalue weighted by atomic mass is 10.2. The van der Waals surface area contributed by atoms with Crippen LogP contribution in [0.25, 0.3) is 0 Å². The van der Waals surface area contributed by atoms with Crippen LogP contribution in [0.1, 0.15) is 23.0 Å². The van der Waals surface area contributed by atoms with Crippen LogP contribution in [0.4, 0.5) is 5.82 Å². The molecule has 0 bridgehead atoms. The highest BCUT2D eigenvalue weighted by Crippen LogP contribution is 2.12. The summed E-state index contributed by atoms with van der Waals surface area (Å²) in [6, 6.07) is 12.9. The molecule has 0 aliphatic heterocycles. The standard InChI is InChI=1S/C16H19N3O2/c1-3-17-15-9-5-8-14(19-15)16(20)18-11-12-6-4-7-13(10-12)21-2/h4-10H,3,11H2,1-2H3,(H,17,19)(H,18,20). The SMILES string of the molecule is CCNc1cccc(C(=O)NCc2cccc(OC)c2)n1. The topological polar surface area (TPSA) is 63.2 Å². The van der Waals surface area contributed by atoms with Crippen molar-refractivity contribution in [2.75, 3.05) is 19.0 Å². The van der Waals surface area contributed by atoms with E-state index in [1.54, 1.807) is 13.2 Å². The van der Waals surface area contributed by atoms with Crippen molar-refractivity contribution in [3.63, 3.8) is 0 Å². The minimum Gasteiger partial charge on any atom is -0.497 e. The molecule has 21 heavy (non-hydrogen) atoms. The van der Waals surface area contributed by atoms with Crippen molar-refractivity contribution >= 4 is 11.7 Å². The zero-order chi connectivity index (χ0) is 15.1. The molecule has 0 aliphatic carbocycles. The summed E-state index contributed by atoms with van der Waals surface area (Å²) in [5.41, 5.74) is 1.38. The van der Waals surface area contributed by atoms with Crippen molar-refractivity contribution in [3.8, 4) is 5.75 Å². The smallest absolute Gasteiger partial charge is 0.270 e. The van der Waals surface area contributed by atoms with E-state index in [0.717, 1.165) is 17.9 Å². The highest BCUT2D eigenvalue weighted by Gasteiger charge is 2.07. The first kappa shape index (κ1) is 14.8. The summed E-state index contributed by atoms with van der Waals surface area (Å²) >= 11 is 0. The molecule has 0 radical (unpaired) electrons. The molecule has 0 atom stereocenters. The molecule has 1 amide bonds. The van der Waals surface area contributed by atoms with Crippen molar-refractivity contribution in [2.24, 2.45) is 0 Å². The molecule has 2 rings (SSSR count). The van der Waals surface area contributed by atoms with Gasteiger partial charge in [-0.3, -0.25) is 4.79 Å². The van der Waals surface area contributed by atoms with Crippen LogP contribution < -0.4 is 15.4 Å². The zero-order valence-corrected chi connectivity index (χ0v) is 12.2. The molecule has 1 aromatic carbocycles. The first-order valence-corrected chi connectivity index (χ1v) is 6.85. The molecular formula is C16H19N3O2. The number of pyridine rings is 1. The number of ether oxygens (including phenoxy) is 1. The van der Waals surface area contributed by atoms with Gasteiger partial charge in [0.05, 0.1) is 7.11 Å². The van der Waals surface area contributed by atoms with E-state index in [0.29, 0.717) is 18.1 Å². The number of carbonyl (C=O) groups is 1. The molecule has 2 N–H and O–H groups in total. The second-order valence-corrected chi connectivity index (χ2v) is 4.47. The number of nitrogens with zero attached hydrogens (tertiary/aromatic N) is 1. The second-order valence-electron chi connectivity index (χ2n) is 4.47. The fourth-order valence-corrected chi connectivity index (χ4v) is 1.90. The lowest BCUT2D eigenvalue weighted by Gasteiger charge is -2.08. The Bertz CT molecular complexity index is 614. The van der Waals surface area contributed by atoms with Gasteiger partial charge in [-0.25, -0.2) is 4.98 Å². The molecule has 0 unspecified atom stereocenters. The number of amides is 1. The van der Waals surface area contributed by atoms with Crippen LogP contribution in [0.5, 0.6) is 5.75 Å². The van der Waals surface area contributed by atoms with E-state index >= 15 is 0 Å². The predicted molar refractivity (Wildman–Crippen MR) is 82.6 cm³/mol. The van der Waals surface area contributed by atoms with E-state index in [-0.39, 0.29) is 5.91 Å². The van der Waals surface area contributed by atoms with E-state index in [9.17, 15) is 4.79 Å². The molecule has 0 saturated carbocycles. The van der Waals surface area contributed by atoms with Gasteiger partial charge in [-0.05, 0) is 36.8 Å². The largest absolute Gasteiger partial charge is 0.497 e. The molecule has 1 heterocycles. The Morgan fingerprint density at radius 1 is 1.24 bits per heavy atom. The van der Waals surface area contributed by atoms with Crippen molar-refractivity contribution < 1.29 is 9.53 Å². The molecular weight excluding hydrogens is 266 g/mol. The van der Waals surface area contributed by atoms with Crippen molar-refractivity contribution in [2.45, 2.75) is 13.5 Å². The third kappa shape index (κ3) is 4.21. The predicted octanol–water partition coefficient (Wildman–Crippen LogP) is 2.45. The number of nitrogens with one attached hydrogen (secondary N) is 2. The number of aromatic nitrogens is 1. The Morgan fingerprint density at radius 2 is 2.05 bits per heavy atom. The van der Waals surface area contributed by atoms with Gasteiger partial charge in [-0.2, -0.15) is 0 Å². The molecule has 5 heteroatoms. The van der Waals surface area contributed by atoms with Gasteiger partial charge < -0.3 is 15.4 Å². The fraction of sp³-hybridized carbons (Fsp3) is 0.250. The quantitative estimate of drug-likeness (QED) is 0.855. The summed E-state index contributed by atoms with van der Waals surface area (Å²) in [6.07, 6.45) is 0. The van der Waals surface area contributed by atoms with E-state index in [1.807, 2.05) is 43.3 Å². The minimum atomic E-state index is -0.197. The Balaban J connectivity index is 1.99. The van der Waals surface area contributed by atoms with Crippen molar-refractivity contribution in [1.29, 1.82) is 0 Å². The highest BCUT2D eigenvalue weighted by molar-refractivity contribution is 5.92. The van der Waals surface area contributed by atoms with Gasteiger partial charge >= 0.3 is 0 Å². The number of carbonyl (C=O) groups excluding carboxylic acids is 1. The van der Waals surface area contributed by atoms with E-state index in [2.05, 4.69) is 15.6 Å². The van der Waals surface area contributed by atoms with Crippen LogP contribution >= 0.6 is 0 Å². The average molecular weight is 285 g/mol. The van der Waals surface area contributed by atoms with Gasteiger partial charge in [0, 0.05) is 13.1 Å². The zero-order valence-electron chi connectivity index (χ0n) is 12.2. The summed E-state index contributed by atoms with van der Waals surface area (Å²) in [4.78, 5) is 16.4. The molecule has 0 fully saturated rings. The molecule has 1 aromatic heterocycles. The number of hydrogen-bond donors (Lipinski definition) is 2. The second kappa shape index (κ2) is 7.28. The van der Waals surface area contributed by atoms with Gasteiger partial charge in [0.25, 0.3) is 5.91 Å². The monoisotopic (exact) mass is 285 g/mol. The van der Waals surface area contributed by atoms with Gasteiger partial charge in [0.15, 0.2) is 0 Å². The van der Waals surface area contributed by atoms with Crippen LogP contribution in [-0.4, -0.2) is 24.5 Å². The van der Waals surface area contributed by atoms with Crippen molar-refractivity contribution in [3.05, 3.63) is 53.7 Å². The number of benzene rings is 1. The summed E-state index contributed by atoms with van der Waals surface area (Å²) in [6.45, 7) is 3.18. The number of methoxy groups -OCH3 is 1. The first-order valence-electron chi connectivity index (χ1n) is 6.85. The van der Waals surface area contributed by atoms with E-state index < -0.39 is 0 Å². The van der Waals surface area contributed by atoms with Gasteiger partial charge in [-0.15, -0.1) is 0 Å². The maximum absolute atomic E-state index is 12.1. The lowest BCUT2D eigenvalue weighted by molar-refractivity contribution is 0.0946. The highest BCUT2D eigenvalue weighted by atomic mass is 16.5.